The molecule has 1 saturated heterocycles. The molecule has 28 heavy (non-hydrogen) atoms. The molecule has 5 heteroatoms. The number of nitrogens with zero attached hydrogens (tertiary/aromatic N) is 1. The Labute approximate surface area is 172 Å². The van der Waals surface area contributed by atoms with Gasteiger partial charge in [0.1, 0.15) is 11.4 Å². The summed E-state index contributed by atoms with van der Waals surface area (Å²) in [5.74, 6) is 0.736. The highest BCUT2D eigenvalue weighted by atomic mass is 32.1. The molecule has 0 saturated carbocycles. The minimum absolute atomic E-state index is 0.110. The summed E-state index contributed by atoms with van der Waals surface area (Å²) in [5, 5.41) is 3.49. The summed E-state index contributed by atoms with van der Waals surface area (Å²) in [6.07, 6.45) is 5.25. The number of amides is 1. The highest BCUT2D eigenvalue weighted by molar-refractivity contribution is 7.80. The van der Waals surface area contributed by atoms with E-state index in [1.54, 1.807) is 4.90 Å². The van der Waals surface area contributed by atoms with Crippen LogP contribution >= 0.6 is 12.2 Å². The van der Waals surface area contributed by atoms with Crippen molar-refractivity contribution in [2.45, 2.75) is 39.2 Å². The molecule has 1 fully saturated rings. The summed E-state index contributed by atoms with van der Waals surface area (Å²) >= 11 is 5.41. The van der Waals surface area contributed by atoms with Crippen LogP contribution in [0.2, 0.25) is 0 Å². The first kappa shape index (κ1) is 20.1. The number of ether oxygens (including phenoxy) is 1. The van der Waals surface area contributed by atoms with Gasteiger partial charge in [0.15, 0.2) is 5.11 Å². The van der Waals surface area contributed by atoms with Gasteiger partial charge in [0, 0.05) is 0 Å². The molecule has 0 radical (unpaired) electrons. The first-order chi connectivity index (χ1) is 13.6. The third-order valence-electron chi connectivity index (χ3n) is 4.79. The Hall–Kier alpha value is -2.66. The zero-order valence-electron chi connectivity index (χ0n) is 16.4. The van der Waals surface area contributed by atoms with E-state index in [9.17, 15) is 4.79 Å². The maximum Gasteiger partial charge on any atom is 0.277 e. The smallest absolute Gasteiger partial charge is 0.277 e. The van der Waals surface area contributed by atoms with Crippen molar-refractivity contribution in [3.63, 3.8) is 0 Å². The summed E-state index contributed by atoms with van der Waals surface area (Å²) in [5.41, 5.74) is 2.46. The molecule has 2 aromatic rings. The van der Waals surface area contributed by atoms with Crippen LogP contribution in [0, 0.1) is 0 Å². The van der Waals surface area contributed by atoms with Crippen LogP contribution < -0.4 is 10.1 Å². The van der Waals surface area contributed by atoms with Crippen LogP contribution in [0.15, 0.2) is 60.3 Å². The van der Waals surface area contributed by atoms with Crippen LogP contribution in [-0.4, -0.2) is 22.5 Å². The Kier molecular flexibility index (Phi) is 6.82. The van der Waals surface area contributed by atoms with Crippen molar-refractivity contribution in [1.82, 2.24) is 10.2 Å². The Morgan fingerprint density at radius 3 is 2.50 bits per heavy atom. The van der Waals surface area contributed by atoms with Crippen molar-refractivity contribution in [2.75, 3.05) is 6.61 Å². The Morgan fingerprint density at radius 1 is 1.11 bits per heavy atom. The molecular formula is C23H26N2O2S. The molecule has 0 spiro atoms. The number of thiocarbonyl (C=S) groups is 1. The lowest BCUT2D eigenvalue weighted by Crippen LogP contribution is -2.33. The second-order valence-electron chi connectivity index (χ2n) is 6.87. The highest BCUT2D eigenvalue weighted by Gasteiger charge is 2.34. The molecule has 4 nitrogen and oxygen atoms in total. The molecule has 1 aliphatic rings. The normalized spacial score (nSPS) is 16.4. The average molecular weight is 395 g/mol. The summed E-state index contributed by atoms with van der Waals surface area (Å²) in [6, 6.07) is 17.5. The molecule has 3 rings (SSSR count). The maximum absolute atomic E-state index is 12.9. The third kappa shape index (κ3) is 4.78. The number of hydrogen-bond acceptors (Lipinski definition) is 3. The van der Waals surface area contributed by atoms with E-state index in [1.807, 2.05) is 67.6 Å². The molecule has 0 aliphatic carbocycles. The fraction of sp³-hybridized carbons (Fsp3) is 0.304. The van der Waals surface area contributed by atoms with Gasteiger partial charge < -0.3 is 10.1 Å². The number of hydrogen-bond donors (Lipinski definition) is 1. The summed E-state index contributed by atoms with van der Waals surface area (Å²) in [7, 11) is 0. The van der Waals surface area contributed by atoms with Gasteiger partial charge in [0.2, 0.25) is 0 Å². The van der Waals surface area contributed by atoms with E-state index in [0.717, 1.165) is 29.9 Å². The van der Waals surface area contributed by atoms with Gasteiger partial charge in [0.25, 0.3) is 5.91 Å². The van der Waals surface area contributed by atoms with E-state index in [0.29, 0.717) is 10.8 Å². The van der Waals surface area contributed by atoms with Gasteiger partial charge >= 0.3 is 0 Å². The van der Waals surface area contributed by atoms with E-state index >= 15 is 0 Å². The van der Waals surface area contributed by atoms with Gasteiger partial charge in [-0.2, -0.15) is 0 Å². The fourth-order valence-corrected chi connectivity index (χ4v) is 3.50. The lowest BCUT2D eigenvalue weighted by Gasteiger charge is -2.23. The van der Waals surface area contributed by atoms with Crippen LogP contribution in [0.3, 0.4) is 0 Å². The molecule has 1 unspecified atom stereocenters. The van der Waals surface area contributed by atoms with Crippen molar-refractivity contribution in [2.24, 2.45) is 0 Å². The third-order valence-corrected chi connectivity index (χ3v) is 5.09. The number of benzene rings is 2. The van der Waals surface area contributed by atoms with Gasteiger partial charge in [-0.25, -0.2) is 0 Å². The zero-order valence-corrected chi connectivity index (χ0v) is 17.2. The summed E-state index contributed by atoms with van der Waals surface area (Å²) < 4.78 is 5.74. The molecule has 1 aliphatic heterocycles. The first-order valence-corrected chi connectivity index (χ1v) is 10.1. The maximum atomic E-state index is 12.9. The lowest BCUT2D eigenvalue weighted by atomic mass is 10.1. The monoisotopic (exact) mass is 394 g/mol. The quantitative estimate of drug-likeness (QED) is 0.385. The molecular weight excluding hydrogens is 368 g/mol. The van der Waals surface area contributed by atoms with Gasteiger partial charge in [-0.1, -0.05) is 62.2 Å². The Bertz CT molecular complexity index is 847. The minimum Gasteiger partial charge on any atom is -0.494 e. The molecule has 1 heterocycles. The standard InChI is InChI=1S/C23H26N2O2S/c1-3-4-8-15-27-20-13-11-18(12-14-20)16-21-22(26)25(23(28)24-21)17(2)19-9-6-5-7-10-19/h5-7,9-14,16-17H,3-4,8,15H2,1-2H3,(H,24,28)/b21-16-. The van der Waals surface area contributed by atoms with Crippen molar-refractivity contribution in [1.29, 1.82) is 0 Å². The van der Waals surface area contributed by atoms with Gasteiger partial charge in [-0.15, -0.1) is 0 Å². The van der Waals surface area contributed by atoms with Crippen LogP contribution in [-0.2, 0) is 4.79 Å². The number of carbonyl (C=O) groups is 1. The van der Waals surface area contributed by atoms with Crippen molar-refractivity contribution in [3.8, 4) is 5.75 Å². The van der Waals surface area contributed by atoms with Crippen molar-refractivity contribution >= 4 is 29.3 Å². The molecule has 1 N–H and O–H groups in total. The second kappa shape index (κ2) is 9.51. The first-order valence-electron chi connectivity index (χ1n) is 9.74. The summed E-state index contributed by atoms with van der Waals surface area (Å²) in [4.78, 5) is 14.5. The Morgan fingerprint density at radius 2 is 1.82 bits per heavy atom. The van der Waals surface area contributed by atoms with Crippen LogP contribution in [0.5, 0.6) is 5.75 Å². The van der Waals surface area contributed by atoms with Crippen LogP contribution in [0.4, 0.5) is 0 Å². The topological polar surface area (TPSA) is 41.6 Å². The summed E-state index contributed by atoms with van der Waals surface area (Å²) in [6.45, 7) is 4.89. The second-order valence-corrected chi connectivity index (χ2v) is 7.26. The molecule has 0 bridgehead atoms. The Balaban J connectivity index is 1.68. The lowest BCUT2D eigenvalue weighted by molar-refractivity contribution is -0.123. The van der Waals surface area contributed by atoms with Crippen LogP contribution in [0.1, 0.15) is 50.3 Å². The molecule has 0 aromatic heterocycles. The van der Waals surface area contributed by atoms with Gasteiger partial charge in [-0.3, -0.25) is 9.69 Å². The number of rotatable bonds is 8. The fourth-order valence-electron chi connectivity index (χ4n) is 3.15. The average Bonchev–Trinajstić information content (AvgIpc) is 2.99. The van der Waals surface area contributed by atoms with E-state index in [2.05, 4.69) is 12.2 Å². The molecule has 2 aromatic carbocycles. The van der Waals surface area contributed by atoms with E-state index in [4.69, 9.17) is 17.0 Å². The number of carbonyl (C=O) groups excluding carboxylic acids is 1. The zero-order chi connectivity index (χ0) is 19.9. The largest absolute Gasteiger partial charge is 0.494 e. The van der Waals surface area contributed by atoms with E-state index in [1.165, 1.54) is 12.8 Å². The predicted octanol–water partition coefficient (Wildman–Crippen LogP) is 5.07. The van der Waals surface area contributed by atoms with Crippen LogP contribution in [0.25, 0.3) is 6.08 Å². The highest BCUT2D eigenvalue weighted by Crippen LogP contribution is 2.26. The van der Waals surface area contributed by atoms with Gasteiger partial charge in [0.05, 0.1) is 12.6 Å². The predicted molar refractivity (Wildman–Crippen MR) is 117 cm³/mol. The molecule has 146 valence electrons. The molecule has 1 amide bonds. The SMILES string of the molecule is CCCCCOc1ccc(/C=C2\NC(=S)N(C(C)c3ccccc3)C2=O)cc1. The number of nitrogens with one attached hydrogen (secondary N) is 1. The van der Waals surface area contributed by atoms with E-state index < -0.39 is 0 Å². The van der Waals surface area contributed by atoms with Crippen molar-refractivity contribution < 1.29 is 9.53 Å². The molecule has 1 atom stereocenters. The van der Waals surface area contributed by atoms with Gasteiger partial charge in [-0.05, 0) is 54.9 Å². The number of unbranched alkanes of at least 4 members (excludes halogenated alkanes) is 2. The minimum atomic E-state index is -0.126. The van der Waals surface area contributed by atoms with E-state index in [-0.39, 0.29) is 11.9 Å². The van der Waals surface area contributed by atoms with Crippen molar-refractivity contribution in [3.05, 3.63) is 71.4 Å².